The van der Waals surface area contributed by atoms with Gasteiger partial charge in [0.15, 0.2) is 11.5 Å². The molecule has 3 unspecified atom stereocenters. The maximum atomic E-state index is 13.1. The Morgan fingerprint density at radius 1 is 1.06 bits per heavy atom. The van der Waals surface area contributed by atoms with Gasteiger partial charge in [-0.3, -0.25) is 9.59 Å². The first kappa shape index (κ1) is 21.4. The number of nitrogens with two attached hydrogens (primary N) is 1. The van der Waals surface area contributed by atoms with E-state index in [0.29, 0.717) is 41.6 Å². The predicted octanol–water partition coefficient (Wildman–Crippen LogP) is 2.53. The van der Waals surface area contributed by atoms with Crippen LogP contribution in [0.2, 0.25) is 0 Å². The summed E-state index contributed by atoms with van der Waals surface area (Å²) in [7, 11) is 2.98. The topological polar surface area (TPSA) is 130 Å². The third-order valence-corrected chi connectivity index (χ3v) is 5.72. The number of para-hydroxylation sites is 1. The summed E-state index contributed by atoms with van der Waals surface area (Å²) in [6, 6.07) is 14.1. The van der Waals surface area contributed by atoms with Gasteiger partial charge in [0.1, 0.15) is 0 Å². The molecule has 0 saturated heterocycles. The van der Waals surface area contributed by atoms with E-state index < -0.39 is 17.9 Å². The van der Waals surface area contributed by atoms with Crippen LogP contribution in [-0.4, -0.2) is 42.2 Å². The van der Waals surface area contributed by atoms with Gasteiger partial charge in [0.25, 0.3) is 5.91 Å². The minimum atomic E-state index is -0.423. The number of ether oxygens (including phenoxy) is 2. The van der Waals surface area contributed by atoms with Gasteiger partial charge in [0.05, 0.1) is 25.7 Å². The first-order valence-corrected chi connectivity index (χ1v) is 10.2. The maximum absolute atomic E-state index is 13.1. The van der Waals surface area contributed by atoms with E-state index in [0.717, 1.165) is 5.56 Å². The van der Waals surface area contributed by atoms with Crippen molar-refractivity contribution in [1.29, 1.82) is 0 Å². The van der Waals surface area contributed by atoms with Crippen LogP contribution < -0.4 is 20.5 Å². The second kappa shape index (κ2) is 9.09. The molecule has 0 radical (unpaired) electrons. The van der Waals surface area contributed by atoms with Gasteiger partial charge < -0.3 is 25.0 Å². The fourth-order valence-electron chi connectivity index (χ4n) is 4.10. The largest absolute Gasteiger partial charge is 0.493 e. The highest BCUT2D eigenvalue weighted by Crippen LogP contribution is 2.39. The Hall–Kier alpha value is -3.88. The summed E-state index contributed by atoms with van der Waals surface area (Å²) in [6.07, 6.45) is 0.785. The number of benzene rings is 2. The first-order valence-electron chi connectivity index (χ1n) is 10.2. The van der Waals surface area contributed by atoms with Gasteiger partial charge in [0, 0.05) is 17.5 Å². The number of carbonyl (C=O) groups is 2. The Morgan fingerprint density at radius 3 is 2.53 bits per heavy atom. The molecule has 0 aliphatic heterocycles. The Bertz CT molecular complexity index is 1110. The van der Waals surface area contributed by atoms with Crippen molar-refractivity contribution in [3.8, 4) is 22.9 Å². The molecule has 1 aromatic heterocycles. The van der Waals surface area contributed by atoms with Crippen LogP contribution in [0.1, 0.15) is 35.0 Å². The summed E-state index contributed by atoms with van der Waals surface area (Å²) in [5.74, 6) is 0.0399. The van der Waals surface area contributed by atoms with Crippen LogP contribution in [0.3, 0.4) is 0 Å². The van der Waals surface area contributed by atoms with Crippen molar-refractivity contribution in [2.75, 3.05) is 14.2 Å². The van der Waals surface area contributed by atoms with Gasteiger partial charge >= 0.3 is 0 Å². The van der Waals surface area contributed by atoms with E-state index in [1.807, 2.05) is 30.3 Å². The van der Waals surface area contributed by atoms with Crippen LogP contribution in [0.25, 0.3) is 11.4 Å². The smallest absolute Gasteiger partial charge is 0.255 e. The van der Waals surface area contributed by atoms with Crippen molar-refractivity contribution in [3.63, 3.8) is 0 Å². The van der Waals surface area contributed by atoms with Crippen LogP contribution in [-0.2, 0) is 4.79 Å². The highest BCUT2D eigenvalue weighted by molar-refractivity contribution is 5.98. The number of hydrogen-bond donors (Lipinski definition) is 2. The quantitative estimate of drug-likeness (QED) is 0.582. The lowest BCUT2D eigenvalue weighted by Crippen LogP contribution is -2.37. The number of amides is 2. The number of aromatic nitrogens is 2. The van der Waals surface area contributed by atoms with E-state index in [1.54, 1.807) is 18.2 Å². The number of hydrogen-bond acceptors (Lipinski definition) is 7. The van der Waals surface area contributed by atoms with Crippen molar-refractivity contribution in [2.24, 2.45) is 11.7 Å². The highest BCUT2D eigenvalue weighted by atomic mass is 16.5. The van der Waals surface area contributed by atoms with Crippen LogP contribution in [0.15, 0.2) is 53.1 Å². The summed E-state index contributed by atoms with van der Waals surface area (Å²) in [6.45, 7) is 0. The van der Waals surface area contributed by atoms with Crippen molar-refractivity contribution in [2.45, 2.75) is 24.8 Å². The Labute approximate surface area is 184 Å². The number of nitrogens with one attached hydrogen (secondary N) is 1. The molecule has 0 bridgehead atoms. The van der Waals surface area contributed by atoms with Gasteiger partial charge in [-0.1, -0.05) is 41.6 Å². The molecule has 9 heteroatoms. The van der Waals surface area contributed by atoms with Crippen LogP contribution in [0.4, 0.5) is 0 Å². The van der Waals surface area contributed by atoms with Crippen molar-refractivity contribution >= 4 is 11.8 Å². The summed E-state index contributed by atoms with van der Waals surface area (Å²) >= 11 is 0. The monoisotopic (exact) mass is 436 g/mol. The lowest BCUT2D eigenvalue weighted by Gasteiger charge is -2.19. The molecule has 0 spiro atoms. The zero-order chi connectivity index (χ0) is 22.7. The van der Waals surface area contributed by atoms with Gasteiger partial charge in [-0.25, -0.2) is 0 Å². The molecule has 1 aliphatic rings. The number of rotatable bonds is 7. The number of methoxy groups -OCH3 is 2. The lowest BCUT2D eigenvalue weighted by molar-refractivity contribution is -0.121. The molecule has 4 rings (SSSR count). The third kappa shape index (κ3) is 4.14. The standard InChI is InChI=1S/C23H24N4O5/c1-30-18-10-6-9-15(19(18)31-2)22(29)25-17-12-14(20(24)28)11-16(17)23-26-21(27-32-23)13-7-4-3-5-8-13/h3-10,14,16-17H,11-12H2,1-2H3,(H2,24,28)(H,25,29). The van der Waals surface area contributed by atoms with Gasteiger partial charge in [-0.05, 0) is 25.0 Å². The second-order valence-electron chi connectivity index (χ2n) is 7.62. The summed E-state index contributed by atoms with van der Waals surface area (Å²) in [5, 5.41) is 7.06. The van der Waals surface area contributed by atoms with Crippen molar-refractivity contribution in [1.82, 2.24) is 15.5 Å². The average Bonchev–Trinajstić information content (AvgIpc) is 3.46. The molecule has 9 nitrogen and oxygen atoms in total. The minimum Gasteiger partial charge on any atom is -0.493 e. The Morgan fingerprint density at radius 2 is 1.84 bits per heavy atom. The molecular formula is C23H24N4O5. The molecule has 1 saturated carbocycles. The molecule has 166 valence electrons. The van der Waals surface area contributed by atoms with E-state index >= 15 is 0 Å². The van der Waals surface area contributed by atoms with Gasteiger partial charge in [0.2, 0.25) is 17.6 Å². The zero-order valence-corrected chi connectivity index (χ0v) is 17.8. The molecule has 1 heterocycles. The Balaban J connectivity index is 1.60. The number of carbonyl (C=O) groups excluding carboxylic acids is 2. The van der Waals surface area contributed by atoms with E-state index in [1.165, 1.54) is 14.2 Å². The zero-order valence-electron chi connectivity index (χ0n) is 17.8. The highest BCUT2D eigenvalue weighted by Gasteiger charge is 2.42. The fourth-order valence-corrected chi connectivity index (χ4v) is 4.10. The molecule has 3 atom stereocenters. The van der Waals surface area contributed by atoms with E-state index in [-0.39, 0.29) is 11.8 Å². The molecule has 32 heavy (non-hydrogen) atoms. The van der Waals surface area contributed by atoms with Crippen LogP contribution >= 0.6 is 0 Å². The maximum Gasteiger partial charge on any atom is 0.255 e. The molecule has 2 aromatic carbocycles. The minimum absolute atomic E-state index is 0.323. The van der Waals surface area contributed by atoms with Crippen molar-refractivity contribution < 1.29 is 23.6 Å². The second-order valence-corrected chi connectivity index (χ2v) is 7.62. The Kier molecular flexibility index (Phi) is 6.07. The van der Waals surface area contributed by atoms with Crippen LogP contribution in [0, 0.1) is 5.92 Å². The summed E-state index contributed by atoms with van der Waals surface area (Å²) in [4.78, 5) is 29.5. The molecule has 3 N–H and O–H groups in total. The van der Waals surface area contributed by atoms with Crippen LogP contribution in [0.5, 0.6) is 11.5 Å². The normalized spacial score (nSPS) is 20.0. The fraction of sp³-hybridized carbons (Fsp3) is 0.304. The van der Waals surface area contributed by atoms with E-state index in [4.69, 9.17) is 19.7 Å². The molecule has 1 fully saturated rings. The average molecular weight is 436 g/mol. The van der Waals surface area contributed by atoms with E-state index in [9.17, 15) is 9.59 Å². The van der Waals surface area contributed by atoms with Crippen molar-refractivity contribution in [3.05, 3.63) is 60.0 Å². The molecule has 2 amide bonds. The third-order valence-electron chi connectivity index (χ3n) is 5.72. The first-order chi connectivity index (χ1) is 15.5. The molecule has 3 aromatic rings. The molecule has 1 aliphatic carbocycles. The summed E-state index contributed by atoms with van der Waals surface area (Å²) in [5.41, 5.74) is 6.70. The van der Waals surface area contributed by atoms with Gasteiger partial charge in [-0.2, -0.15) is 4.98 Å². The number of primary amides is 1. The lowest BCUT2D eigenvalue weighted by atomic mass is 10.0. The molecular weight excluding hydrogens is 412 g/mol. The van der Waals surface area contributed by atoms with Gasteiger partial charge in [-0.15, -0.1) is 0 Å². The SMILES string of the molecule is COc1cccc(C(=O)NC2CC(C(N)=O)CC2c2nc(-c3ccccc3)no2)c1OC. The summed E-state index contributed by atoms with van der Waals surface area (Å²) < 4.78 is 16.2. The predicted molar refractivity (Wildman–Crippen MR) is 115 cm³/mol. The van der Waals surface area contributed by atoms with E-state index in [2.05, 4.69) is 15.5 Å². The number of nitrogens with zero attached hydrogens (tertiary/aromatic N) is 2.